The third-order valence-electron chi connectivity index (χ3n) is 5.81. The molecular weight excluding hydrogens is 466 g/mol. The number of nitrogens with zero attached hydrogens (tertiary/aromatic N) is 6. The van der Waals surface area contributed by atoms with Crippen LogP contribution in [0.3, 0.4) is 0 Å². The number of hydrogen-bond donors (Lipinski definition) is 3. The quantitative estimate of drug-likeness (QED) is 0.299. The number of aliphatic hydroxyl groups excluding tert-OH is 1. The van der Waals surface area contributed by atoms with Crippen molar-refractivity contribution in [1.29, 1.82) is 0 Å². The van der Waals surface area contributed by atoms with Crippen LogP contribution in [0.5, 0.6) is 11.6 Å². The molecule has 12 heteroatoms. The minimum absolute atomic E-state index is 0.0215. The van der Waals surface area contributed by atoms with Crippen LogP contribution in [0.25, 0.3) is 22.1 Å². The molecule has 0 bridgehead atoms. The zero-order valence-electron chi connectivity index (χ0n) is 19.5. The van der Waals surface area contributed by atoms with Gasteiger partial charge in [0.05, 0.1) is 12.1 Å². The first-order valence-corrected chi connectivity index (χ1v) is 11.1. The lowest BCUT2D eigenvalue weighted by Crippen LogP contribution is -2.38. The van der Waals surface area contributed by atoms with Crippen molar-refractivity contribution >= 4 is 33.7 Å². The number of nitrogens with one attached hydrogen (secondary N) is 1. The second kappa shape index (κ2) is 9.15. The summed E-state index contributed by atoms with van der Waals surface area (Å²) >= 11 is 0. The molecule has 0 unspecified atom stereocenters. The van der Waals surface area contributed by atoms with Gasteiger partial charge < -0.3 is 19.9 Å². The number of fused-ring (bicyclic) bond motifs is 2. The molecule has 0 spiro atoms. The van der Waals surface area contributed by atoms with E-state index < -0.39 is 17.4 Å². The van der Waals surface area contributed by atoms with E-state index in [0.29, 0.717) is 16.7 Å². The SMILES string of the molecule is Cn1c(=O)c2c(nc(N=Nc3c(O)[nH]c4ccccc34)n2C[C@@H](O)COc2ccccc2)n(C)c1=O. The second-order valence-electron chi connectivity index (χ2n) is 8.25. The summed E-state index contributed by atoms with van der Waals surface area (Å²) in [6.07, 6.45) is -1.04. The van der Waals surface area contributed by atoms with Gasteiger partial charge in [-0.2, -0.15) is 4.98 Å². The lowest BCUT2D eigenvalue weighted by molar-refractivity contribution is 0.0937. The van der Waals surface area contributed by atoms with Gasteiger partial charge in [0.2, 0.25) is 5.88 Å². The molecule has 3 heterocycles. The predicted octanol–water partition coefficient (Wildman–Crippen LogP) is 2.48. The van der Waals surface area contributed by atoms with E-state index in [4.69, 9.17) is 4.74 Å². The van der Waals surface area contributed by atoms with Crippen LogP contribution in [-0.4, -0.2) is 46.6 Å². The Balaban J connectivity index is 1.57. The molecule has 0 saturated heterocycles. The molecule has 0 amide bonds. The maximum atomic E-state index is 13.0. The minimum Gasteiger partial charge on any atom is -0.493 e. The van der Waals surface area contributed by atoms with Crippen LogP contribution < -0.4 is 16.0 Å². The van der Waals surface area contributed by atoms with E-state index in [2.05, 4.69) is 20.2 Å². The molecule has 36 heavy (non-hydrogen) atoms. The maximum absolute atomic E-state index is 13.0. The van der Waals surface area contributed by atoms with E-state index in [9.17, 15) is 19.8 Å². The number of hydrogen-bond acceptors (Lipinski definition) is 8. The first-order chi connectivity index (χ1) is 17.3. The Morgan fingerprint density at radius 1 is 1.03 bits per heavy atom. The van der Waals surface area contributed by atoms with Crippen molar-refractivity contribution in [2.24, 2.45) is 24.3 Å². The first-order valence-electron chi connectivity index (χ1n) is 11.1. The molecule has 1 atom stereocenters. The van der Waals surface area contributed by atoms with Crippen LogP contribution in [0.2, 0.25) is 0 Å². The molecule has 2 aromatic carbocycles. The number of para-hydroxylation sites is 2. The first kappa shape index (κ1) is 23.1. The van der Waals surface area contributed by atoms with E-state index in [1.807, 2.05) is 24.3 Å². The Labute approximate surface area is 203 Å². The molecule has 0 aliphatic rings. The number of aliphatic hydroxyl groups is 1. The number of rotatable bonds is 7. The highest BCUT2D eigenvalue weighted by atomic mass is 16.5. The summed E-state index contributed by atoms with van der Waals surface area (Å²) in [5, 5.41) is 30.0. The fraction of sp³-hybridized carbons (Fsp3) is 0.208. The van der Waals surface area contributed by atoms with Gasteiger partial charge in [-0.3, -0.25) is 18.5 Å². The average molecular weight is 489 g/mol. The van der Waals surface area contributed by atoms with Gasteiger partial charge in [-0.1, -0.05) is 36.4 Å². The van der Waals surface area contributed by atoms with Crippen molar-refractivity contribution in [2.75, 3.05) is 6.61 Å². The van der Waals surface area contributed by atoms with Gasteiger partial charge in [0, 0.05) is 19.5 Å². The molecule has 5 rings (SSSR count). The largest absolute Gasteiger partial charge is 0.493 e. The lowest BCUT2D eigenvalue weighted by Gasteiger charge is -2.14. The number of imidazole rings is 1. The zero-order chi connectivity index (χ0) is 25.4. The number of aryl methyl sites for hydroxylation is 1. The van der Waals surface area contributed by atoms with Crippen LogP contribution in [0, 0.1) is 0 Å². The molecule has 0 saturated carbocycles. The summed E-state index contributed by atoms with van der Waals surface area (Å²) in [6, 6.07) is 16.2. The van der Waals surface area contributed by atoms with Crippen molar-refractivity contribution in [2.45, 2.75) is 12.6 Å². The average Bonchev–Trinajstić information content (AvgIpc) is 3.40. The van der Waals surface area contributed by atoms with Gasteiger partial charge in [0.1, 0.15) is 18.5 Å². The van der Waals surface area contributed by atoms with Crippen LogP contribution >= 0.6 is 0 Å². The summed E-state index contributed by atoms with van der Waals surface area (Å²) in [6.45, 7) is -0.166. The molecule has 0 aliphatic heterocycles. The highest BCUT2D eigenvalue weighted by molar-refractivity contribution is 5.94. The third-order valence-corrected chi connectivity index (χ3v) is 5.81. The molecule has 3 aromatic heterocycles. The fourth-order valence-electron chi connectivity index (χ4n) is 3.97. The van der Waals surface area contributed by atoms with Gasteiger partial charge in [0.15, 0.2) is 16.9 Å². The molecule has 0 fully saturated rings. The Kier molecular flexibility index (Phi) is 5.86. The number of benzene rings is 2. The topological polar surface area (TPSA) is 152 Å². The van der Waals surface area contributed by atoms with E-state index in [0.717, 1.165) is 4.57 Å². The van der Waals surface area contributed by atoms with Crippen LogP contribution in [-0.2, 0) is 20.6 Å². The van der Waals surface area contributed by atoms with Gasteiger partial charge in [0.25, 0.3) is 11.5 Å². The maximum Gasteiger partial charge on any atom is 0.332 e. The Morgan fingerprint density at radius 3 is 2.53 bits per heavy atom. The van der Waals surface area contributed by atoms with Gasteiger partial charge in [-0.15, -0.1) is 10.2 Å². The van der Waals surface area contributed by atoms with Crippen LogP contribution in [0.1, 0.15) is 0 Å². The normalized spacial score (nSPS) is 12.6. The summed E-state index contributed by atoms with van der Waals surface area (Å²) < 4.78 is 9.21. The Morgan fingerprint density at radius 2 is 1.75 bits per heavy atom. The molecule has 12 nitrogen and oxygen atoms in total. The minimum atomic E-state index is -1.04. The predicted molar refractivity (Wildman–Crippen MR) is 132 cm³/mol. The summed E-state index contributed by atoms with van der Waals surface area (Å²) in [7, 11) is 2.85. The van der Waals surface area contributed by atoms with Crippen molar-refractivity contribution in [1.82, 2.24) is 23.7 Å². The number of aromatic amines is 1. The molecule has 184 valence electrons. The highest BCUT2D eigenvalue weighted by Crippen LogP contribution is 2.36. The molecule has 0 aliphatic carbocycles. The van der Waals surface area contributed by atoms with Crippen molar-refractivity contribution in [3.63, 3.8) is 0 Å². The number of aromatic nitrogens is 5. The third kappa shape index (κ3) is 4.03. The van der Waals surface area contributed by atoms with E-state index in [-0.39, 0.29) is 41.8 Å². The van der Waals surface area contributed by atoms with Crippen LogP contribution in [0.4, 0.5) is 11.6 Å². The summed E-state index contributed by atoms with van der Waals surface area (Å²) in [4.78, 5) is 32.7. The van der Waals surface area contributed by atoms with E-state index in [1.54, 1.807) is 30.3 Å². The zero-order valence-corrected chi connectivity index (χ0v) is 19.5. The Bertz CT molecular complexity index is 1710. The lowest BCUT2D eigenvalue weighted by atomic mass is 10.2. The van der Waals surface area contributed by atoms with Gasteiger partial charge in [-0.05, 0) is 18.2 Å². The van der Waals surface area contributed by atoms with Crippen molar-refractivity contribution in [3.05, 3.63) is 75.4 Å². The number of H-pyrrole nitrogens is 1. The molecule has 5 aromatic rings. The molecular formula is C24H23N7O5. The van der Waals surface area contributed by atoms with Gasteiger partial charge in [-0.25, -0.2) is 4.79 Å². The standard InChI is InChI=1S/C24H23N7O5/c1-29-20-19(22(34)30(2)24(29)35)31(12-14(32)13-36-15-8-4-3-5-9-15)23(26-20)28-27-18-16-10-6-7-11-17(16)25-21(18)33/h3-11,14,25,32-33H,12-13H2,1-2H3/t14-/m1/s1. The number of ether oxygens (including phenoxy) is 1. The smallest absolute Gasteiger partial charge is 0.332 e. The van der Waals surface area contributed by atoms with Gasteiger partial charge >= 0.3 is 5.69 Å². The number of aromatic hydroxyl groups is 1. The van der Waals surface area contributed by atoms with E-state index >= 15 is 0 Å². The summed E-state index contributed by atoms with van der Waals surface area (Å²) in [5.41, 5.74) is -0.107. The van der Waals surface area contributed by atoms with Crippen molar-refractivity contribution in [3.8, 4) is 11.6 Å². The summed E-state index contributed by atoms with van der Waals surface area (Å²) in [5.74, 6) is 0.383. The highest BCUT2D eigenvalue weighted by Gasteiger charge is 2.22. The second-order valence-corrected chi connectivity index (χ2v) is 8.25. The number of azo groups is 1. The Hall–Kier alpha value is -4.71. The van der Waals surface area contributed by atoms with E-state index in [1.165, 1.54) is 23.2 Å². The van der Waals surface area contributed by atoms with Crippen LogP contribution in [0.15, 0.2) is 74.4 Å². The van der Waals surface area contributed by atoms with Crippen molar-refractivity contribution < 1.29 is 14.9 Å². The monoisotopic (exact) mass is 489 g/mol. The molecule has 3 N–H and O–H groups in total. The molecule has 0 radical (unpaired) electrons. The fourth-order valence-corrected chi connectivity index (χ4v) is 3.97.